The lowest BCUT2D eigenvalue weighted by Crippen LogP contribution is -2.36. The zero-order chi connectivity index (χ0) is 12.3. The van der Waals surface area contributed by atoms with E-state index in [4.69, 9.17) is 4.74 Å². The van der Waals surface area contributed by atoms with Crippen molar-refractivity contribution in [3.8, 4) is 0 Å². The molecule has 96 valence electrons. The molecule has 1 unspecified atom stereocenters. The van der Waals surface area contributed by atoms with Crippen molar-refractivity contribution in [2.45, 2.75) is 6.42 Å². The molecule has 0 aromatic carbocycles. The van der Waals surface area contributed by atoms with Gasteiger partial charge >= 0.3 is 12.0 Å². The van der Waals surface area contributed by atoms with Crippen molar-refractivity contribution < 1.29 is 14.3 Å². The van der Waals surface area contributed by atoms with Gasteiger partial charge in [0.25, 0.3) is 0 Å². The summed E-state index contributed by atoms with van der Waals surface area (Å²) in [5, 5.41) is 2.78. The fourth-order valence-electron chi connectivity index (χ4n) is 2.38. The van der Waals surface area contributed by atoms with Crippen LogP contribution in [0.4, 0.5) is 4.79 Å². The Bertz CT molecular complexity index is 308. The summed E-state index contributed by atoms with van der Waals surface area (Å²) in [6.07, 6.45) is 0.860. The van der Waals surface area contributed by atoms with Gasteiger partial charge in [-0.2, -0.15) is 0 Å². The average molecular weight is 241 g/mol. The molecule has 0 spiro atoms. The van der Waals surface area contributed by atoms with Crippen molar-refractivity contribution in [1.29, 1.82) is 0 Å². The lowest BCUT2D eigenvalue weighted by molar-refractivity contribution is -0.144. The van der Waals surface area contributed by atoms with Crippen molar-refractivity contribution in [2.24, 2.45) is 5.92 Å². The number of ether oxygens (including phenoxy) is 1. The number of hydrogen-bond donors (Lipinski definition) is 1. The predicted molar refractivity (Wildman–Crippen MR) is 61.5 cm³/mol. The Hall–Kier alpha value is -1.30. The summed E-state index contributed by atoms with van der Waals surface area (Å²) in [6, 6.07) is 0.0220. The topological polar surface area (TPSA) is 61.9 Å². The zero-order valence-electron chi connectivity index (χ0n) is 10.1. The molecule has 1 N–H and O–H groups in total. The maximum atomic E-state index is 11.3. The molecule has 2 fully saturated rings. The lowest BCUT2D eigenvalue weighted by atomic mass is 10.1. The molecule has 0 aromatic rings. The highest BCUT2D eigenvalue weighted by molar-refractivity contribution is 5.76. The number of nitrogens with one attached hydrogen (secondary N) is 1. The van der Waals surface area contributed by atoms with Crippen LogP contribution in [-0.2, 0) is 9.53 Å². The second-order valence-electron chi connectivity index (χ2n) is 4.53. The number of urea groups is 1. The van der Waals surface area contributed by atoms with Crippen molar-refractivity contribution in [3.63, 3.8) is 0 Å². The first-order chi connectivity index (χ1) is 8.20. The predicted octanol–water partition coefficient (Wildman–Crippen LogP) is -0.493. The van der Waals surface area contributed by atoms with E-state index < -0.39 is 0 Å². The van der Waals surface area contributed by atoms with Gasteiger partial charge in [0.1, 0.15) is 0 Å². The molecule has 6 heteroatoms. The van der Waals surface area contributed by atoms with E-state index in [1.165, 1.54) is 7.11 Å². The Morgan fingerprint density at radius 1 is 1.47 bits per heavy atom. The largest absolute Gasteiger partial charge is 0.469 e. The minimum atomic E-state index is -0.119. The summed E-state index contributed by atoms with van der Waals surface area (Å²) in [5.74, 6) is -0.112. The van der Waals surface area contributed by atoms with Crippen molar-refractivity contribution in [3.05, 3.63) is 0 Å². The summed E-state index contributed by atoms with van der Waals surface area (Å²) in [4.78, 5) is 26.7. The summed E-state index contributed by atoms with van der Waals surface area (Å²) in [7, 11) is 1.43. The standard InChI is InChI=1S/C11H19N3O3/c1-17-10(15)9-2-4-13(8-9)6-7-14-5-3-12-11(14)16/h9H,2-8H2,1H3,(H,12,16). The second kappa shape index (κ2) is 5.35. The van der Waals surface area contributed by atoms with Crippen LogP contribution in [0.3, 0.4) is 0 Å². The Morgan fingerprint density at radius 2 is 2.29 bits per heavy atom. The van der Waals surface area contributed by atoms with Crippen molar-refractivity contribution in [2.75, 3.05) is 46.4 Å². The molecule has 2 heterocycles. The van der Waals surface area contributed by atoms with Gasteiger partial charge < -0.3 is 19.9 Å². The van der Waals surface area contributed by atoms with E-state index in [-0.39, 0.29) is 17.9 Å². The third kappa shape index (κ3) is 2.88. The Kier molecular flexibility index (Phi) is 3.83. The van der Waals surface area contributed by atoms with Crippen LogP contribution in [0.15, 0.2) is 0 Å². The SMILES string of the molecule is COC(=O)C1CCN(CCN2CCNC2=O)C1. The molecule has 0 bridgehead atoms. The molecule has 2 aliphatic rings. The van der Waals surface area contributed by atoms with Crippen LogP contribution >= 0.6 is 0 Å². The molecule has 6 nitrogen and oxygen atoms in total. The number of carbonyl (C=O) groups is 2. The van der Waals surface area contributed by atoms with E-state index in [1.807, 2.05) is 4.90 Å². The molecular formula is C11H19N3O3. The lowest BCUT2D eigenvalue weighted by Gasteiger charge is -2.20. The molecule has 1 atom stereocenters. The Morgan fingerprint density at radius 3 is 2.94 bits per heavy atom. The van der Waals surface area contributed by atoms with Gasteiger partial charge in [-0.15, -0.1) is 0 Å². The smallest absolute Gasteiger partial charge is 0.317 e. The molecule has 2 rings (SSSR count). The van der Waals surface area contributed by atoms with Crippen LogP contribution in [0.25, 0.3) is 0 Å². The Balaban J connectivity index is 1.71. The van der Waals surface area contributed by atoms with Crippen molar-refractivity contribution >= 4 is 12.0 Å². The Labute approximate surface area is 101 Å². The number of hydrogen-bond acceptors (Lipinski definition) is 4. The molecule has 0 aromatic heterocycles. The average Bonchev–Trinajstić information content (AvgIpc) is 2.94. The minimum Gasteiger partial charge on any atom is -0.469 e. The van der Waals surface area contributed by atoms with Gasteiger partial charge in [-0.25, -0.2) is 4.79 Å². The summed E-state index contributed by atoms with van der Waals surface area (Å²) in [5.41, 5.74) is 0. The monoisotopic (exact) mass is 241 g/mol. The third-order valence-electron chi connectivity index (χ3n) is 3.44. The van der Waals surface area contributed by atoms with Gasteiger partial charge in [0, 0.05) is 32.7 Å². The number of nitrogens with zero attached hydrogens (tertiary/aromatic N) is 2. The number of likely N-dealkylation sites (tertiary alicyclic amines) is 1. The molecule has 2 aliphatic heterocycles. The fraction of sp³-hybridized carbons (Fsp3) is 0.818. The number of amides is 2. The van der Waals surface area contributed by atoms with E-state index in [1.54, 1.807) is 0 Å². The maximum absolute atomic E-state index is 11.3. The van der Waals surface area contributed by atoms with Crippen LogP contribution in [0.5, 0.6) is 0 Å². The van der Waals surface area contributed by atoms with Gasteiger partial charge in [0.2, 0.25) is 0 Å². The van der Waals surface area contributed by atoms with E-state index >= 15 is 0 Å². The van der Waals surface area contributed by atoms with Gasteiger partial charge in [0.15, 0.2) is 0 Å². The number of methoxy groups -OCH3 is 1. The van der Waals surface area contributed by atoms with Gasteiger partial charge in [-0.3, -0.25) is 4.79 Å². The normalized spacial score (nSPS) is 25.1. The number of esters is 1. The molecule has 0 saturated carbocycles. The second-order valence-corrected chi connectivity index (χ2v) is 4.53. The highest BCUT2D eigenvalue weighted by Crippen LogP contribution is 2.17. The van der Waals surface area contributed by atoms with Crippen molar-refractivity contribution in [1.82, 2.24) is 15.1 Å². The summed E-state index contributed by atoms with van der Waals surface area (Å²) >= 11 is 0. The first-order valence-electron chi connectivity index (χ1n) is 6.03. The highest BCUT2D eigenvalue weighted by atomic mass is 16.5. The minimum absolute atomic E-state index is 0.00686. The number of rotatable bonds is 4. The molecular weight excluding hydrogens is 222 g/mol. The van der Waals surface area contributed by atoms with Gasteiger partial charge in [0.05, 0.1) is 13.0 Å². The summed E-state index contributed by atoms with van der Waals surface area (Å²) < 4.78 is 4.74. The van der Waals surface area contributed by atoms with Gasteiger partial charge in [-0.1, -0.05) is 0 Å². The quantitative estimate of drug-likeness (QED) is 0.674. The molecule has 0 aliphatic carbocycles. The fourth-order valence-corrected chi connectivity index (χ4v) is 2.38. The van der Waals surface area contributed by atoms with E-state index in [2.05, 4.69) is 10.2 Å². The van der Waals surface area contributed by atoms with Crippen LogP contribution in [0.2, 0.25) is 0 Å². The number of carbonyl (C=O) groups excluding carboxylic acids is 2. The molecule has 0 radical (unpaired) electrons. The van der Waals surface area contributed by atoms with E-state index in [0.717, 1.165) is 45.7 Å². The highest BCUT2D eigenvalue weighted by Gasteiger charge is 2.29. The molecule has 2 saturated heterocycles. The maximum Gasteiger partial charge on any atom is 0.317 e. The first-order valence-corrected chi connectivity index (χ1v) is 6.03. The van der Waals surface area contributed by atoms with E-state index in [0.29, 0.717) is 0 Å². The molecule has 2 amide bonds. The van der Waals surface area contributed by atoms with Crippen LogP contribution in [-0.4, -0.2) is 68.2 Å². The van der Waals surface area contributed by atoms with Crippen LogP contribution in [0, 0.1) is 5.92 Å². The molecule has 17 heavy (non-hydrogen) atoms. The zero-order valence-corrected chi connectivity index (χ0v) is 10.1. The van der Waals surface area contributed by atoms with Gasteiger partial charge in [-0.05, 0) is 13.0 Å². The van der Waals surface area contributed by atoms with Crippen LogP contribution in [0.1, 0.15) is 6.42 Å². The van der Waals surface area contributed by atoms with E-state index in [9.17, 15) is 9.59 Å². The first kappa shape index (κ1) is 12.2. The third-order valence-corrected chi connectivity index (χ3v) is 3.44. The van der Waals surface area contributed by atoms with Crippen LogP contribution < -0.4 is 5.32 Å². The summed E-state index contributed by atoms with van der Waals surface area (Å²) in [6.45, 7) is 4.76.